The van der Waals surface area contributed by atoms with Gasteiger partial charge in [0, 0.05) is 0 Å². The van der Waals surface area contributed by atoms with E-state index in [0.717, 1.165) is 0 Å². The molecule has 6 heteroatoms. The van der Waals surface area contributed by atoms with Gasteiger partial charge in [-0.05, 0) is 41.5 Å². The Bertz CT molecular complexity index is 684. The third-order valence-corrected chi connectivity index (χ3v) is 2.88. The van der Waals surface area contributed by atoms with E-state index in [1.807, 2.05) is 0 Å². The smallest absolute Gasteiger partial charge is 0.244 e. The number of ether oxygens (including phenoxy) is 1. The van der Waals surface area contributed by atoms with Gasteiger partial charge in [-0.2, -0.15) is 5.10 Å². The molecule has 2 aromatic carbocycles. The number of halogens is 1. The summed E-state index contributed by atoms with van der Waals surface area (Å²) in [4.78, 5) is 11.7. The number of rotatable bonds is 5. The van der Waals surface area contributed by atoms with Gasteiger partial charge >= 0.3 is 0 Å². The Morgan fingerprint density at radius 1 is 1.32 bits per heavy atom. The van der Waals surface area contributed by atoms with Crippen molar-refractivity contribution in [3.8, 4) is 11.5 Å². The molecule has 0 fully saturated rings. The summed E-state index contributed by atoms with van der Waals surface area (Å²) in [5.41, 5.74) is 3.67. The average molecular weight is 302 g/mol. The maximum atomic E-state index is 12.7. The molecule has 0 atom stereocenters. The molecule has 2 N–H and O–H groups in total. The van der Waals surface area contributed by atoms with Crippen molar-refractivity contribution in [2.24, 2.45) is 5.10 Å². The van der Waals surface area contributed by atoms with Crippen molar-refractivity contribution in [1.29, 1.82) is 0 Å². The Hall–Kier alpha value is -2.89. The minimum absolute atomic E-state index is 0.0101. The maximum absolute atomic E-state index is 12.7. The fourth-order valence-corrected chi connectivity index (χ4v) is 1.79. The normalized spacial score (nSPS) is 10.6. The predicted octanol–water partition coefficient (Wildman–Crippen LogP) is 2.23. The number of nitrogens with zero attached hydrogens (tertiary/aromatic N) is 1. The van der Waals surface area contributed by atoms with Crippen molar-refractivity contribution >= 4 is 12.1 Å². The molecule has 1 amide bonds. The van der Waals surface area contributed by atoms with Crippen LogP contribution in [-0.4, -0.2) is 24.3 Å². The Morgan fingerprint density at radius 2 is 2.05 bits per heavy atom. The number of hydrogen-bond donors (Lipinski definition) is 2. The van der Waals surface area contributed by atoms with Crippen LogP contribution in [-0.2, 0) is 11.2 Å². The van der Waals surface area contributed by atoms with E-state index in [-0.39, 0.29) is 23.9 Å². The lowest BCUT2D eigenvalue weighted by Gasteiger charge is -2.03. The first-order valence-corrected chi connectivity index (χ1v) is 6.52. The molecule has 0 aliphatic carbocycles. The maximum Gasteiger partial charge on any atom is 0.244 e. The van der Waals surface area contributed by atoms with Crippen LogP contribution in [0.5, 0.6) is 11.5 Å². The highest BCUT2D eigenvalue weighted by atomic mass is 19.1. The number of amides is 1. The number of phenols is 1. The lowest BCUT2D eigenvalue weighted by Crippen LogP contribution is -2.19. The summed E-state index contributed by atoms with van der Waals surface area (Å²) in [7, 11) is 1.46. The molecule has 114 valence electrons. The molecule has 0 saturated carbocycles. The number of carbonyl (C=O) groups excluding carboxylic acids is 1. The van der Waals surface area contributed by atoms with Crippen LogP contribution >= 0.6 is 0 Å². The molecule has 0 saturated heterocycles. The number of hydrogen-bond acceptors (Lipinski definition) is 4. The highest BCUT2D eigenvalue weighted by molar-refractivity contribution is 5.83. The van der Waals surface area contributed by atoms with E-state index in [0.29, 0.717) is 16.9 Å². The monoisotopic (exact) mass is 302 g/mol. The van der Waals surface area contributed by atoms with E-state index < -0.39 is 0 Å². The van der Waals surface area contributed by atoms with Gasteiger partial charge in [0.1, 0.15) is 5.82 Å². The van der Waals surface area contributed by atoms with E-state index >= 15 is 0 Å². The Balaban J connectivity index is 1.90. The molecule has 5 nitrogen and oxygen atoms in total. The summed E-state index contributed by atoms with van der Waals surface area (Å²) in [6.45, 7) is 0. The van der Waals surface area contributed by atoms with Crippen LogP contribution in [0.1, 0.15) is 11.1 Å². The van der Waals surface area contributed by atoms with Gasteiger partial charge in [-0.25, -0.2) is 9.82 Å². The van der Waals surface area contributed by atoms with Crippen molar-refractivity contribution in [2.45, 2.75) is 6.42 Å². The molecular formula is C16H15FN2O3. The SMILES string of the molecule is COc1ccc(/C=N/NC(=O)Cc2ccc(F)cc2)cc1O. The van der Waals surface area contributed by atoms with Gasteiger partial charge in [-0.1, -0.05) is 12.1 Å². The predicted molar refractivity (Wildman–Crippen MR) is 80.5 cm³/mol. The third-order valence-electron chi connectivity index (χ3n) is 2.88. The third kappa shape index (κ3) is 4.31. The second kappa shape index (κ2) is 7.21. The van der Waals surface area contributed by atoms with Crippen LogP contribution in [0.15, 0.2) is 47.6 Å². The van der Waals surface area contributed by atoms with Gasteiger partial charge in [-0.3, -0.25) is 4.79 Å². The second-order valence-corrected chi connectivity index (χ2v) is 4.53. The van der Waals surface area contributed by atoms with Crippen LogP contribution in [0.25, 0.3) is 0 Å². The van der Waals surface area contributed by atoms with Crippen LogP contribution in [0.2, 0.25) is 0 Å². The minimum Gasteiger partial charge on any atom is -0.504 e. The summed E-state index contributed by atoms with van der Waals surface area (Å²) >= 11 is 0. The van der Waals surface area contributed by atoms with E-state index in [1.54, 1.807) is 24.3 Å². The number of carbonyl (C=O) groups is 1. The van der Waals surface area contributed by atoms with Gasteiger partial charge in [0.15, 0.2) is 11.5 Å². The number of benzene rings is 2. The van der Waals surface area contributed by atoms with Crippen molar-refractivity contribution in [1.82, 2.24) is 5.43 Å². The highest BCUT2D eigenvalue weighted by Gasteiger charge is 2.03. The zero-order chi connectivity index (χ0) is 15.9. The molecular weight excluding hydrogens is 287 g/mol. The zero-order valence-corrected chi connectivity index (χ0v) is 11.9. The topological polar surface area (TPSA) is 70.9 Å². The Kier molecular flexibility index (Phi) is 5.08. The molecule has 0 bridgehead atoms. The second-order valence-electron chi connectivity index (χ2n) is 4.53. The van der Waals surface area contributed by atoms with Gasteiger partial charge in [-0.15, -0.1) is 0 Å². The van der Waals surface area contributed by atoms with Crippen LogP contribution in [0, 0.1) is 5.82 Å². The van der Waals surface area contributed by atoms with Crippen molar-refractivity contribution in [3.63, 3.8) is 0 Å². The number of phenolic OH excluding ortho intramolecular Hbond substituents is 1. The van der Waals surface area contributed by atoms with Gasteiger partial charge in [0.25, 0.3) is 0 Å². The number of methoxy groups -OCH3 is 1. The highest BCUT2D eigenvalue weighted by Crippen LogP contribution is 2.25. The Labute approximate surface area is 127 Å². The van der Waals surface area contributed by atoms with Crippen molar-refractivity contribution in [3.05, 3.63) is 59.4 Å². The van der Waals surface area contributed by atoms with Crippen LogP contribution < -0.4 is 10.2 Å². The molecule has 0 aromatic heterocycles. The molecule has 2 rings (SSSR count). The molecule has 0 heterocycles. The van der Waals surface area contributed by atoms with Gasteiger partial charge in [0.05, 0.1) is 19.7 Å². The lowest BCUT2D eigenvalue weighted by atomic mass is 10.1. The molecule has 0 aliphatic rings. The zero-order valence-electron chi connectivity index (χ0n) is 11.9. The Morgan fingerprint density at radius 3 is 2.68 bits per heavy atom. The summed E-state index contributed by atoms with van der Waals surface area (Å²) < 4.78 is 17.7. The molecule has 0 unspecified atom stereocenters. The number of nitrogens with one attached hydrogen (secondary N) is 1. The van der Waals surface area contributed by atoms with E-state index in [1.165, 1.54) is 31.5 Å². The van der Waals surface area contributed by atoms with Crippen LogP contribution in [0.4, 0.5) is 4.39 Å². The summed E-state index contributed by atoms with van der Waals surface area (Å²) in [6, 6.07) is 10.4. The van der Waals surface area contributed by atoms with E-state index in [9.17, 15) is 14.3 Å². The molecule has 0 aliphatic heterocycles. The lowest BCUT2D eigenvalue weighted by molar-refractivity contribution is -0.120. The largest absolute Gasteiger partial charge is 0.504 e. The van der Waals surface area contributed by atoms with E-state index in [2.05, 4.69) is 10.5 Å². The van der Waals surface area contributed by atoms with E-state index in [4.69, 9.17) is 4.74 Å². The summed E-state index contributed by atoms with van der Waals surface area (Å²) in [5.74, 6) is -0.316. The number of aromatic hydroxyl groups is 1. The fraction of sp³-hybridized carbons (Fsp3) is 0.125. The quantitative estimate of drug-likeness (QED) is 0.657. The molecule has 22 heavy (non-hydrogen) atoms. The minimum atomic E-state index is -0.346. The first-order chi connectivity index (χ1) is 10.6. The first-order valence-electron chi connectivity index (χ1n) is 6.52. The molecule has 2 aromatic rings. The van der Waals surface area contributed by atoms with Crippen molar-refractivity contribution in [2.75, 3.05) is 7.11 Å². The van der Waals surface area contributed by atoms with Gasteiger partial charge < -0.3 is 9.84 Å². The molecule has 0 radical (unpaired) electrons. The standard InChI is InChI=1S/C16H15FN2O3/c1-22-15-7-4-12(8-14(15)20)10-18-19-16(21)9-11-2-5-13(17)6-3-11/h2-8,10,20H,9H2,1H3,(H,19,21)/b18-10+. The summed E-state index contributed by atoms with van der Waals surface area (Å²) in [5, 5.41) is 13.4. The van der Waals surface area contributed by atoms with Crippen LogP contribution in [0.3, 0.4) is 0 Å². The first kappa shape index (κ1) is 15.5. The number of hydrazone groups is 1. The average Bonchev–Trinajstić information content (AvgIpc) is 2.50. The van der Waals surface area contributed by atoms with Crippen molar-refractivity contribution < 1.29 is 19.0 Å². The summed E-state index contributed by atoms with van der Waals surface area (Å²) in [6.07, 6.45) is 1.51. The van der Waals surface area contributed by atoms with Gasteiger partial charge in [0.2, 0.25) is 5.91 Å². The molecule has 0 spiro atoms. The fourth-order valence-electron chi connectivity index (χ4n) is 1.79.